The van der Waals surface area contributed by atoms with Crippen molar-refractivity contribution in [3.63, 3.8) is 0 Å². The molecule has 1 amide bonds. The third-order valence-corrected chi connectivity index (χ3v) is 3.01. The van der Waals surface area contributed by atoms with Gasteiger partial charge in [-0.3, -0.25) is 4.79 Å². The Morgan fingerprint density at radius 3 is 2.83 bits per heavy atom. The highest BCUT2D eigenvalue weighted by Crippen LogP contribution is 2.16. The summed E-state index contributed by atoms with van der Waals surface area (Å²) in [4.78, 5) is 19.8. The highest BCUT2D eigenvalue weighted by Gasteiger charge is 2.19. The van der Waals surface area contributed by atoms with E-state index in [1.54, 1.807) is 18.3 Å². The third kappa shape index (κ3) is 3.10. The molecule has 98 valence electrons. The number of nitrogens with zero attached hydrogens (tertiary/aromatic N) is 3. The first-order valence-corrected chi connectivity index (χ1v) is 5.96. The van der Waals surface area contributed by atoms with Crippen molar-refractivity contribution < 1.29 is 9.53 Å². The zero-order valence-corrected chi connectivity index (χ0v) is 10.5. The lowest BCUT2D eigenvalue weighted by molar-refractivity contribution is -0.134. The number of piperazine rings is 1. The highest BCUT2D eigenvalue weighted by molar-refractivity contribution is 5.78. The highest BCUT2D eigenvalue weighted by atomic mass is 16.5. The van der Waals surface area contributed by atoms with E-state index in [4.69, 9.17) is 10.5 Å². The van der Waals surface area contributed by atoms with Crippen molar-refractivity contribution in [2.75, 3.05) is 45.6 Å². The molecule has 1 aromatic rings. The molecule has 18 heavy (non-hydrogen) atoms. The molecule has 1 saturated heterocycles. The van der Waals surface area contributed by atoms with Crippen molar-refractivity contribution in [3.8, 4) is 5.75 Å². The lowest BCUT2D eigenvalue weighted by atomic mass is 10.3. The Labute approximate surface area is 106 Å². The Kier molecular flexibility index (Phi) is 3.99. The molecule has 0 aromatic carbocycles. The number of hydrogen-bond donors (Lipinski definition) is 1. The molecule has 1 aromatic heterocycles. The van der Waals surface area contributed by atoms with Crippen LogP contribution in [0.3, 0.4) is 0 Å². The van der Waals surface area contributed by atoms with Gasteiger partial charge in [0.2, 0.25) is 0 Å². The maximum absolute atomic E-state index is 11.9. The van der Waals surface area contributed by atoms with Crippen molar-refractivity contribution in [1.82, 2.24) is 14.8 Å². The predicted octanol–water partition coefficient (Wildman–Crippen LogP) is -0.183. The number of hydrogen-bond acceptors (Lipinski definition) is 5. The van der Waals surface area contributed by atoms with E-state index < -0.39 is 0 Å². The van der Waals surface area contributed by atoms with Gasteiger partial charge in [-0.2, -0.15) is 0 Å². The van der Waals surface area contributed by atoms with Gasteiger partial charge >= 0.3 is 0 Å². The number of pyridine rings is 1. The number of likely N-dealkylation sites (N-methyl/N-ethyl adjacent to an activating group) is 1. The molecule has 0 radical (unpaired) electrons. The van der Waals surface area contributed by atoms with E-state index in [9.17, 15) is 4.79 Å². The van der Waals surface area contributed by atoms with Gasteiger partial charge in [0.1, 0.15) is 0 Å². The van der Waals surface area contributed by atoms with E-state index in [-0.39, 0.29) is 12.5 Å². The molecule has 0 saturated carbocycles. The topological polar surface area (TPSA) is 71.7 Å². The second kappa shape index (κ2) is 5.68. The molecular formula is C12H18N4O2. The average molecular weight is 250 g/mol. The van der Waals surface area contributed by atoms with Gasteiger partial charge in [0.05, 0.1) is 0 Å². The summed E-state index contributed by atoms with van der Waals surface area (Å²) in [5, 5.41) is 0. The summed E-state index contributed by atoms with van der Waals surface area (Å²) in [6, 6.07) is 3.44. The van der Waals surface area contributed by atoms with Crippen LogP contribution in [0.25, 0.3) is 0 Å². The fraction of sp³-hybridized carbons (Fsp3) is 0.500. The standard InChI is InChI=1S/C12H18N4O2/c1-15-5-7-16(8-6-15)11(17)9-18-10-3-2-4-14-12(10)13/h2-4H,5-9H2,1H3,(H2,13,14). The van der Waals surface area contributed by atoms with Crippen molar-refractivity contribution in [1.29, 1.82) is 0 Å². The summed E-state index contributed by atoms with van der Waals surface area (Å²) in [6.45, 7) is 3.32. The molecule has 0 atom stereocenters. The van der Waals surface area contributed by atoms with Crippen LogP contribution in [0.1, 0.15) is 0 Å². The molecular weight excluding hydrogens is 232 g/mol. The average Bonchev–Trinajstić information content (AvgIpc) is 2.38. The predicted molar refractivity (Wildman–Crippen MR) is 68.2 cm³/mol. The fourth-order valence-corrected chi connectivity index (χ4v) is 1.81. The number of amides is 1. The number of aromatic nitrogens is 1. The number of carbonyl (C=O) groups is 1. The van der Waals surface area contributed by atoms with E-state index in [1.165, 1.54) is 0 Å². The summed E-state index contributed by atoms with van der Waals surface area (Å²) in [5.41, 5.74) is 5.64. The summed E-state index contributed by atoms with van der Waals surface area (Å²) < 4.78 is 5.39. The number of anilines is 1. The maximum Gasteiger partial charge on any atom is 0.260 e. The van der Waals surface area contributed by atoms with Gasteiger partial charge in [-0.05, 0) is 19.2 Å². The number of nitrogen functional groups attached to an aromatic ring is 1. The Morgan fingerprint density at radius 2 is 2.17 bits per heavy atom. The Hall–Kier alpha value is -1.82. The first kappa shape index (κ1) is 12.6. The van der Waals surface area contributed by atoms with Crippen LogP contribution >= 0.6 is 0 Å². The normalized spacial score (nSPS) is 16.6. The Morgan fingerprint density at radius 1 is 1.44 bits per heavy atom. The van der Waals surface area contributed by atoms with Gasteiger partial charge in [0.15, 0.2) is 18.2 Å². The van der Waals surface area contributed by atoms with Crippen molar-refractivity contribution in [2.45, 2.75) is 0 Å². The van der Waals surface area contributed by atoms with Gasteiger partial charge < -0.3 is 20.3 Å². The van der Waals surface area contributed by atoms with Crippen LogP contribution in [-0.2, 0) is 4.79 Å². The lowest BCUT2D eigenvalue weighted by Gasteiger charge is -2.32. The first-order chi connectivity index (χ1) is 8.66. The molecule has 2 heterocycles. The van der Waals surface area contributed by atoms with Crippen LogP contribution in [-0.4, -0.2) is 60.5 Å². The molecule has 1 aliphatic heterocycles. The van der Waals surface area contributed by atoms with Gasteiger partial charge in [-0.25, -0.2) is 4.98 Å². The third-order valence-electron chi connectivity index (χ3n) is 3.01. The molecule has 1 aliphatic rings. The molecule has 0 bridgehead atoms. The van der Waals surface area contributed by atoms with Gasteiger partial charge in [0, 0.05) is 32.4 Å². The molecule has 2 rings (SSSR count). The SMILES string of the molecule is CN1CCN(C(=O)COc2cccnc2N)CC1. The first-order valence-electron chi connectivity index (χ1n) is 5.96. The fourth-order valence-electron chi connectivity index (χ4n) is 1.81. The van der Waals surface area contributed by atoms with Crippen molar-refractivity contribution in [2.24, 2.45) is 0 Å². The zero-order chi connectivity index (χ0) is 13.0. The van der Waals surface area contributed by atoms with Crippen molar-refractivity contribution in [3.05, 3.63) is 18.3 Å². The van der Waals surface area contributed by atoms with E-state index in [2.05, 4.69) is 16.9 Å². The molecule has 0 spiro atoms. The van der Waals surface area contributed by atoms with E-state index in [0.29, 0.717) is 11.6 Å². The van der Waals surface area contributed by atoms with Crippen LogP contribution in [0.2, 0.25) is 0 Å². The number of nitrogens with two attached hydrogens (primary N) is 1. The van der Waals surface area contributed by atoms with E-state index in [0.717, 1.165) is 26.2 Å². The Balaban J connectivity index is 1.83. The number of carbonyl (C=O) groups excluding carboxylic acids is 1. The van der Waals surface area contributed by atoms with Gasteiger partial charge in [0.25, 0.3) is 5.91 Å². The second-order valence-electron chi connectivity index (χ2n) is 4.36. The second-order valence-corrected chi connectivity index (χ2v) is 4.36. The molecule has 1 fully saturated rings. The van der Waals surface area contributed by atoms with Crippen LogP contribution in [0, 0.1) is 0 Å². The van der Waals surface area contributed by atoms with Crippen LogP contribution in [0.5, 0.6) is 5.75 Å². The van der Waals surface area contributed by atoms with Crippen molar-refractivity contribution >= 4 is 11.7 Å². The minimum absolute atomic E-state index is 0.00801. The van der Waals surface area contributed by atoms with E-state index in [1.807, 2.05) is 4.90 Å². The minimum atomic E-state index is -0.00801. The molecule has 6 heteroatoms. The molecule has 0 aliphatic carbocycles. The lowest BCUT2D eigenvalue weighted by Crippen LogP contribution is -2.48. The monoisotopic (exact) mass is 250 g/mol. The molecule has 0 unspecified atom stereocenters. The van der Waals surface area contributed by atoms with Crippen LogP contribution < -0.4 is 10.5 Å². The van der Waals surface area contributed by atoms with E-state index >= 15 is 0 Å². The zero-order valence-electron chi connectivity index (χ0n) is 10.5. The van der Waals surface area contributed by atoms with Crippen LogP contribution in [0.15, 0.2) is 18.3 Å². The maximum atomic E-state index is 11.9. The molecule has 6 nitrogen and oxygen atoms in total. The summed E-state index contributed by atoms with van der Waals surface area (Å²) >= 11 is 0. The minimum Gasteiger partial charge on any atom is -0.480 e. The number of rotatable bonds is 3. The smallest absolute Gasteiger partial charge is 0.260 e. The molecule has 2 N–H and O–H groups in total. The quantitative estimate of drug-likeness (QED) is 0.805. The largest absolute Gasteiger partial charge is 0.480 e. The van der Waals surface area contributed by atoms with Gasteiger partial charge in [-0.1, -0.05) is 0 Å². The van der Waals surface area contributed by atoms with Crippen LogP contribution in [0.4, 0.5) is 5.82 Å². The number of ether oxygens (including phenoxy) is 1. The van der Waals surface area contributed by atoms with Gasteiger partial charge in [-0.15, -0.1) is 0 Å². The summed E-state index contributed by atoms with van der Waals surface area (Å²) in [7, 11) is 2.05. The summed E-state index contributed by atoms with van der Waals surface area (Å²) in [5.74, 6) is 0.759. The Bertz CT molecular complexity index is 416. The summed E-state index contributed by atoms with van der Waals surface area (Å²) in [6.07, 6.45) is 1.59.